The number of methoxy groups -OCH3 is 1. The first-order valence-corrected chi connectivity index (χ1v) is 4.19. The normalized spacial score (nSPS) is 9.38. The zero-order chi connectivity index (χ0) is 9.84. The van der Waals surface area contributed by atoms with Crippen molar-refractivity contribution in [2.75, 3.05) is 7.11 Å². The SMILES string of the molecule is COc1ccc(C=O)c(C(=O)P)c1. The third-order valence-electron chi connectivity index (χ3n) is 1.65. The Hall–Kier alpha value is -1.21. The van der Waals surface area contributed by atoms with Gasteiger partial charge in [-0.25, -0.2) is 0 Å². The Bertz CT molecular complexity index is 347. The molecule has 0 saturated heterocycles. The van der Waals surface area contributed by atoms with Crippen LogP contribution in [0.25, 0.3) is 0 Å². The largest absolute Gasteiger partial charge is 0.497 e. The van der Waals surface area contributed by atoms with Gasteiger partial charge in [0.2, 0.25) is 0 Å². The smallest absolute Gasteiger partial charge is 0.178 e. The Kier molecular flexibility index (Phi) is 3.15. The zero-order valence-electron chi connectivity index (χ0n) is 7.11. The molecule has 0 saturated carbocycles. The summed E-state index contributed by atoms with van der Waals surface area (Å²) in [5.74, 6) is 0.566. The van der Waals surface area contributed by atoms with E-state index in [0.29, 0.717) is 23.2 Å². The lowest BCUT2D eigenvalue weighted by atomic mass is 10.1. The number of benzene rings is 1. The molecule has 0 N–H and O–H groups in total. The zero-order valence-corrected chi connectivity index (χ0v) is 8.27. The highest BCUT2D eigenvalue weighted by Gasteiger charge is 2.07. The van der Waals surface area contributed by atoms with E-state index in [4.69, 9.17) is 4.74 Å². The van der Waals surface area contributed by atoms with Crippen molar-refractivity contribution in [2.45, 2.75) is 0 Å². The second-order valence-electron chi connectivity index (χ2n) is 2.44. The molecule has 3 nitrogen and oxygen atoms in total. The first-order chi connectivity index (χ1) is 6.19. The van der Waals surface area contributed by atoms with E-state index >= 15 is 0 Å². The van der Waals surface area contributed by atoms with Crippen LogP contribution in [0.5, 0.6) is 5.75 Å². The number of carbonyl (C=O) groups excluding carboxylic acids is 2. The van der Waals surface area contributed by atoms with Gasteiger partial charge in [0.25, 0.3) is 0 Å². The summed E-state index contributed by atoms with van der Waals surface area (Å²) in [6, 6.07) is 4.74. The van der Waals surface area contributed by atoms with Gasteiger partial charge in [-0.1, -0.05) is 9.24 Å². The molecular weight excluding hydrogens is 187 g/mol. The molecular formula is C9H9O3P. The first kappa shape index (κ1) is 9.87. The minimum absolute atomic E-state index is 0.221. The van der Waals surface area contributed by atoms with E-state index in [2.05, 4.69) is 0 Å². The first-order valence-electron chi connectivity index (χ1n) is 3.62. The Morgan fingerprint density at radius 3 is 2.69 bits per heavy atom. The van der Waals surface area contributed by atoms with E-state index in [9.17, 15) is 9.59 Å². The molecule has 0 aliphatic rings. The van der Waals surface area contributed by atoms with Crippen LogP contribution < -0.4 is 4.74 Å². The number of hydrogen-bond acceptors (Lipinski definition) is 3. The van der Waals surface area contributed by atoms with Crippen LogP contribution in [0.3, 0.4) is 0 Å². The summed E-state index contributed by atoms with van der Waals surface area (Å²) < 4.78 is 4.93. The van der Waals surface area contributed by atoms with Gasteiger partial charge >= 0.3 is 0 Å². The molecule has 1 rings (SSSR count). The van der Waals surface area contributed by atoms with E-state index in [0.717, 1.165) is 0 Å². The molecule has 0 heterocycles. The van der Waals surface area contributed by atoms with E-state index < -0.39 is 0 Å². The Balaban J connectivity index is 3.25. The van der Waals surface area contributed by atoms with Crippen molar-refractivity contribution in [3.05, 3.63) is 29.3 Å². The molecule has 0 amide bonds. The molecule has 0 spiro atoms. The lowest BCUT2D eigenvalue weighted by Gasteiger charge is -2.03. The van der Waals surface area contributed by atoms with Gasteiger partial charge < -0.3 is 4.74 Å². The molecule has 1 aromatic rings. The Morgan fingerprint density at radius 1 is 1.54 bits per heavy atom. The van der Waals surface area contributed by atoms with E-state index in [1.54, 1.807) is 18.2 Å². The molecule has 68 valence electrons. The standard InChI is InChI=1S/C9H9O3P/c1-12-7-3-2-6(5-10)8(4-7)9(11)13/h2-5H,13H2,1H3. The maximum Gasteiger partial charge on any atom is 0.178 e. The van der Waals surface area contributed by atoms with Gasteiger partial charge in [-0.05, 0) is 18.2 Å². The third kappa shape index (κ3) is 2.13. The summed E-state index contributed by atoms with van der Waals surface area (Å²) in [4.78, 5) is 21.6. The van der Waals surface area contributed by atoms with Gasteiger partial charge in [-0.2, -0.15) is 0 Å². The molecule has 0 fully saturated rings. The monoisotopic (exact) mass is 196 g/mol. The van der Waals surface area contributed by atoms with Gasteiger partial charge in [0.1, 0.15) is 5.75 Å². The molecule has 0 aliphatic carbocycles. The number of carbonyl (C=O) groups is 2. The number of rotatable bonds is 3. The highest BCUT2D eigenvalue weighted by Crippen LogP contribution is 2.18. The fraction of sp³-hybridized carbons (Fsp3) is 0.111. The van der Waals surface area contributed by atoms with Crippen molar-refractivity contribution in [2.24, 2.45) is 0 Å². The predicted molar refractivity (Wildman–Crippen MR) is 52.4 cm³/mol. The fourth-order valence-corrected chi connectivity index (χ4v) is 1.23. The molecule has 0 radical (unpaired) electrons. The topological polar surface area (TPSA) is 43.4 Å². The number of aldehydes is 1. The average Bonchev–Trinajstić information content (AvgIpc) is 2.16. The van der Waals surface area contributed by atoms with Crippen molar-refractivity contribution in [1.29, 1.82) is 0 Å². The molecule has 0 aromatic heterocycles. The number of hydrogen-bond donors (Lipinski definition) is 0. The van der Waals surface area contributed by atoms with Crippen LogP contribution in [-0.4, -0.2) is 18.9 Å². The third-order valence-corrected chi connectivity index (χ3v) is 1.96. The minimum atomic E-state index is -0.221. The molecule has 0 bridgehead atoms. The maximum absolute atomic E-state index is 11.0. The van der Waals surface area contributed by atoms with Crippen molar-refractivity contribution in [1.82, 2.24) is 0 Å². The quantitative estimate of drug-likeness (QED) is 0.543. The van der Waals surface area contributed by atoms with E-state index in [-0.39, 0.29) is 5.52 Å². The van der Waals surface area contributed by atoms with Crippen LogP contribution >= 0.6 is 9.24 Å². The van der Waals surface area contributed by atoms with Crippen LogP contribution in [-0.2, 0) is 0 Å². The van der Waals surface area contributed by atoms with Gasteiger partial charge in [-0.15, -0.1) is 0 Å². The summed E-state index contributed by atoms with van der Waals surface area (Å²) >= 11 is 0. The second-order valence-corrected chi connectivity index (χ2v) is 2.96. The van der Waals surface area contributed by atoms with Crippen molar-refractivity contribution < 1.29 is 14.3 Å². The summed E-state index contributed by atoms with van der Waals surface area (Å²) in [6.45, 7) is 0. The van der Waals surface area contributed by atoms with Crippen molar-refractivity contribution >= 4 is 21.1 Å². The van der Waals surface area contributed by atoms with E-state index in [1.807, 2.05) is 9.24 Å². The molecule has 13 heavy (non-hydrogen) atoms. The second kappa shape index (κ2) is 4.15. The van der Waals surface area contributed by atoms with E-state index in [1.165, 1.54) is 7.11 Å². The highest BCUT2D eigenvalue weighted by molar-refractivity contribution is 7.41. The summed E-state index contributed by atoms with van der Waals surface area (Å²) in [6.07, 6.45) is 0.650. The molecule has 4 heteroatoms. The lowest BCUT2D eigenvalue weighted by Crippen LogP contribution is -1.96. The fourth-order valence-electron chi connectivity index (χ4n) is 0.979. The highest BCUT2D eigenvalue weighted by atomic mass is 31.0. The minimum Gasteiger partial charge on any atom is -0.497 e. The average molecular weight is 196 g/mol. The lowest BCUT2D eigenvalue weighted by molar-refractivity contribution is 0.107. The van der Waals surface area contributed by atoms with Gasteiger partial charge in [-0.3, -0.25) is 9.59 Å². The molecule has 1 aromatic carbocycles. The van der Waals surface area contributed by atoms with Crippen molar-refractivity contribution in [3.8, 4) is 5.75 Å². The van der Waals surface area contributed by atoms with Crippen LogP contribution in [0, 0.1) is 0 Å². The number of ether oxygens (including phenoxy) is 1. The van der Waals surface area contributed by atoms with Crippen LogP contribution in [0.2, 0.25) is 0 Å². The van der Waals surface area contributed by atoms with Crippen LogP contribution in [0.4, 0.5) is 0 Å². The van der Waals surface area contributed by atoms with Gasteiger partial charge in [0.05, 0.1) is 7.11 Å². The summed E-state index contributed by atoms with van der Waals surface area (Å²) in [5, 5.41) is 0. The van der Waals surface area contributed by atoms with Crippen LogP contribution in [0.15, 0.2) is 18.2 Å². The Morgan fingerprint density at radius 2 is 2.23 bits per heavy atom. The Labute approximate surface area is 78.3 Å². The molecule has 1 atom stereocenters. The van der Waals surface area contributed by atoms with Gasteiger partial charge in [0, 0.05) is 11.1 Å². The summed E-state index contributed by atoms with van der Waals surface area (Å²) in [7, 11) is 3.53. The van der Waals surface area contributed by atoms with Crippen molar-refractivity contribution in [3.63, 3.8) is 0 Å². The summed E-state index contributed by atoms with van der Waals surface area (Å²) in [5.41, 5.74) is 0.515. The van der Waals surface area contributed by atoms with Crippen LogP contribution in [0.1, 0.15) is 20.7 Å². The predicted octanol–water partition coefficient (Wildman–Crippen LogP) is 1.52. The molecule has 1 unspecified atom stereocenters. The van der Waals surface area contributed by atoms with Gasteiger partial charge in [0.15, 0.2) is 11.8 Å². The molecule has 0 aliphatic heterocycles. The maximum atomic E-state index is 11.0.